The van der Waals surface area contributed by atoms with Crippen LogP contribution in [0, 0.1) is 16.7 Å². The molecule has 3 nitrogen and oxygen atoms in total. The molecule has 1 N–H and O–H groups in total. The fourth-order valence-electron chi connectivity index (χ4n) is 1.74. The van der Waals surface area contributed by atoms with Crippen molar-refractivity contribution in [2.45, 2.75) is 26.2 Å². The summed E-state index contributed by atoms with van der Waals surface area (Å²) >= 11 is 0. The highest BCUT2D eigenvalue weighted by Gasteiger charge is 2.40. The van der Waals surface area contributed by atoms with Gasteiger partial charge in [-0.1, -0.05) is 6.92 Å². The van der Waals surface area contributed by atoms with Crippen LogP contribution in [0.5, 0.6) is 0 Å². The van der Waals surface area contributed by atoms with E-state index in [9.17, 15) is 0 Å². The second-order valence-corrected chi connectivity index (χ2v) is 4.22. The Hall–Kier alpha value is -1.56. The molecule has 1 aromatic rings. The Morgan fingerprint density at radius 3 is 3.00 bits per heavy atom. The van der Waals surface area contributed by atoms with E-state index in [2.05, 4.69) is 23.3 Å². The van der Waals surface area contributed by atoms with Crippen molar-refractivity contribution < 1.29 is 0 Å². The number of rotatable bonds is 4. The van der Waals surface area contributed by atoms with Gasteiger partial charge >= 0.3 is 0 Å². The molecule has 78 valence electrons. The summed E-state index contributed by atoms with van der Waals surface area (Å²) in [7, 11) is 0. The van der Waals surface area contributed by atoms with E-state index in [1.54, 1.807) is 18.3 Å². The smallest absolute Gasteiger partial charge is 0.143 e. The molecule has 1 fully saturated rings. The van der Waals surface area contributed by atoms with Crippen molar-refractivity contribution in [3.05, 3.63) is 23.9 Å². The van der Waals surface area contributed by atoms with E-state index in [4.69, 9.17) is 5.26 Å². The van der Waals surface area contributed by atoms with Gasteiger partial charge in [0.2, 0.25) is 0 Å². The van der Waals surface area contributed by atoms with E-state index in [1.165, 1.54) is 19.3 Å². The molecule has 0 amide bonds. The van der Waals surface area contributed by atoms with E-state index in [-0.39, 0.29) is 0 Å². The van der Waals surface area contributed by atoms with Crippen LogP contribution in [-0.2, 0) is 0 Å². The largest absolute Gasteiger partial charge is 0.368 e. The molecule has 0 aliphatic heterocycles. The van der Waals surface area contributed by atoms with E-state index in [0.29, 0.717) is 11.0 Å². The van der Waals surface area contributed by atoms with Crippen LogP contribution >= 0.6 is 0 Å². The number of nitriles is 1. The molecule has 3 heteroatoms. The minimum absolute atomic E-state index is 0.476. The molecular formula is C12H15N3. The van der Waals surface area contributed by atoms with E-state index < -0.39 is 0 Å². The van der Waals surface area contributed by atoms with Crippen LogP contribution in [0.4, 0.5) is 5.82 Å². The summed E-state index contributed by atoms with van der Waals surface area (Å²) in [5.41, 5.74) is 1.11. The van der Waals surface area contributed by atoms with Crippen molar-refractivity contribution in [1.29, 1.82) is 5.26 Å². The van der Waals surface area contributed by atoms with Crippen LogP contribution in [0.2, 0.25) is 0 Å². The van der Waals surface area contributed by atoms with Crippen molar-refractivity contribution in [3.8, 4) is 6.07 Å². The summed E-state index contributed by atoms with van der Waals surface area (Å²) in [6, 6.07) is 5.73. The number of hydrogen-bond donors (Lipinski definition) is 1. The molecule has 0 spiro atoms. The summed E-state index contributed by atoms with van der Waals surface area (Å²) in [5.74, 6) is 0.722. The van der Waals surface area contributed by atoms with Gasteiger partial charge < -0.3 is 5.32 Å². The molecule has 0 radical (unpaired) electrons. The fourth-order valence-corrected chi connectivity index (χ4v) is 1.74. The fraction of sp³-hybridized carbons (Fsp3) is 0.500. The Morgan fingerprint density at radius 1 is 1.60 bits per heavy atom. The highest BCUT2D eigenvalue weighted by molar-refractivity contribution is 5.51. The topological polar surface area (TPSA) is 48.7 Å². The standard InChI is InChI=1S/C12H15N3/c1-2-12(5-6-12)9-15-11-10(8-13)4-3-7-14-11/h3-4,7H,2,5-6,9H2,1H3,(H,14,15). The van der Waals surface area contributed by atoms with Crippen molar-refractivity contribution in [2.75, 3.05) is 11.9 Å². The minimum atomic E-state index is 0.476. The SMILES string of the molecule is CCC1(CNc2ncccc2C#N)CC1. The third-order valence-corrected chi connectivity index (χ3v) is 3.27. The first-order valence-corrected chi connectivity index (χ1v) is 5.39. The van der Waals surface area contributed by atoms with Crippen molar-refractivity contribution >= 4 is 5.82 Å². The maximum atomic E-state index is 8.89. The highest BCUT2D eigenvalue weighted by atomic mass is 15.0. The molecule has 2 rings (SSSR count). The molecule has 1 aliphatic rings. The quantitative estimate of drug-likeness (QED) is 0.814. The van der Waals surface area contributed by atoms with Gasteiger partial charge in [-0.2, -0.15) is 5.26 Å². The maximum Gasteiger partial charge on any atom is 0.143 e. The predicted molar refractivity (Wildman–Crippen MR) is 59.4 cm³/mol. The van der Waals surface area contributed by atoms with Gasteiger partial charge in [-0.25, -0.2) is 4.98 Å². The zero-order valence-corrected chi connectivity index (χ0v) is 8.95. The number of aromatic nitrogens is 1. The summed E-state index contributed by atoms with van der Waals surface area (Å²) in [6.45, 7) is 3.16. The molecule has 0 bridgehead atoms. The lowest BCUT2D eigenvalue weighted by molar-refractivity contribution is 0.520. The summed E-state index contributed by atoms with van der Waals surface area (Å²) in [4.78, 5) is 4.18. The monoisotopic (exact) mass is 201 g/mol. The number of hydrogen-bond acceptors (Lipinski definition) is 3. The van der Waals surface area contributed by atoms with Crippen LogP contribution in [0.1, 0.15) is 31.7 Å². The molecule has 1 saturated carbocycles. The lowest BCUT2D eigenvalue weighted by atomic mass is 10.0. The van der Waals surface area contributed by atoms with Crippen LogP contribution in [0.25, 0.3) is 0 Å². The van der Waals surface area contributed by atoms with Gasteiger partial charge in [0.05, 0.1) is 5.56 Å². The molecule has 0 unspecified atom stereocenters. The van der Waals surface area contributed by atoms with Gasteiger partial charge in [-0.3, -0.25) is 0 Å². The lowest BCUT2D eigenvalue weighted by Gasteiger charge is -2.14. The summed E-state index contributed by atoms with van der Waals surface area (Å²) in [5, 5.41) is 12.2. The predicted octanol–water partition coefficient (Wildman–Crippen LogP) is 2.56. The summed E-state index contributed by atoms with van der Waals surface area (Å²) in [6.07, 6.45) is 5.51. The average Bonchev–Trinajstić information content (AvgIpc) is 3.07. The van der Waals surface area contributed by atoms with Crippen LogP contribution in [0.15, 0.2) is 18.3 Å². The Balaban J connectivity index is 2.02. The van der Waals surface area contributed by atoms with Crippen molar-refractivity contribution in [2.24, 2.45) is 5.41 Å². The van der Waals surface area contributed by atoms with Gasteiger partial charge in [-0.15, -0.1) is 0 Å². The summed E-state index contributed by atoms with van der Waals surface area (Å²) < 4.78 is 0. The van der Waals surface area contributed by atoms with Crippen LogP contribution < -0.4 is 5.32 Å². The zero-order valence-electron chi connectivity index (χ0n) is 8.95. The Labute approximate surface area is 90.1 Å². The second-order valence-electron chi connectivity index (χ2n) is 4.22. The Kier molecular flexibility index (Phi) is 2.59. The molecule has 1 aliphatic carbocycles. The highest BCUT2D eigenvalue weighted by Crippen LogP contribution is 2.48. The zero-order chi connectivity index (χ0) is 10.7. The number of anilines is 1. The maximum absolute atomic E-state index is 8.89. The number of pyridine rings is 1. The van der Waals surface area contributed by atoms with Gasteiger partial charge in [0.25, 0.3) is 0 Å². The Morgan fingerprint density at radius 2 is 2.40 bits per heavy atom. The molecular weight excluding hydrogens is 186 g/mol. The van der Waals surface area contributed by atoms with Gasteiger partial charge in [0.15, 0.2) is 0 Å². The van der Waals surface area contributed by atoms with Gasteiger partial charge in [0, 0.05) is 12.7 Å². The Bertz CT molecular complexity index is 388. The van der Waals surface area contributed by atoms with Gasteiger partial charge in [-0.05, 0) is 36.8 Å². The third-order valence-electron chi connectivity index (χ3n) is 3.27. The van der Waals surface area contributed by atoms with Gasteiger partial charge in [0.1, 0.15) is 11.9 Å². The van der Waals surface area contributed by atoms with Crippen molar-refractivity contribution in [1.82, 2.24) is 4.98 Å². The lowest BCUT2D eigenvalue weighted by Crippen LogP contribution is -2.15. The molecule has 1 heterocycles. The molecule has 0 saturated heterocycles. The third kappa shape index (κ3) is 2.10. The second kappa shape index (κ2) is 3.90. The molecule has 0 atom stereocenters. The number of nitrogens with one attached hydrogen (secondary N) is 1. The van der Waals surface area contributed by atoms with E-state index in [0.717, 1.165) is 12.4 Å². The van der Waals surface area contributed by atoms with E-state index >= 15 is 0 Å². The van der Waals surface area contributed by atoms with Crippen molar-refractivity contribution in [3.63, 3.8) is 0 Å². The average molecular weight is 201 g/mol. The first-order chi connectivity index (χ1) is 7.29. The minimum Gasteiger partial charge on any atom is -0.368 e. The normalized spacial score (nSPS) is 16.8. The number of nitrogens with zero attached hydrogens (tertiary/aromatic N) is 2. The van der Waals surface area contributed by atoms with Crippen LogP contribution in [0.3, 0.4) is 0 Å². The first-order valence-electron chi connectivity index (χ1n) is 5.39. The molecule has 0 aromatic carbocycles. The van der Waals surface area contributed by atoms with E-state index in [1.807, 2.05) is 0 Å². The first kappa shape index (κ1) is 9.97. The van der Waals surface area contributed by atoms with Crippen LogP contribution in [-0.4, -0.2) is 11.5 Å². The molecule has 1 aromatic heterocycles. The molecule has 15 heavy (non-hydrogen) atoms.